The average Bonchev–Trinajstić information content (AvgIpc) is 2.99. The van der Waals surface area contributed by atoms with Gasteiger partial charge in [-0.1, -0.05) is 32.6 Å². The highest BCUT2D eigenvalue weighted by atomic mass is 16.2. The summed E-state index contributed by atoms with van der Waals surface area (Å²) in [5.41, 5.74) is 0.233. The maximum atomic E-state index is 12.5. The number of carbonyl (C=O) groups is 1. The summed E-state index contributed by atoms with van der Waals surface area (Å²) in [6.07, 6.45) is 9.81. The van der Waals surface area contributed by atoms with Crippen molar-refractivity contribution in [3.8, 4) is 0 Å². The van der Waals surface area contributed by atoms with E-state index in [9.17, 15) is 4.79 Å². The summed E-state index contributed by atoms with van der Waals surface area (Å²) in [6, 6.07) is 0. The van der Waals surface area contributed by atoms with E-state index in [1.54, 1.807) is 0 Å². The zero-order chi connectivity index (χ0) is 11.9. The van der Waals surface area contributed by atoms with Crippen LogP contribution >= 0.6 is 0 Å². The van der Waals surface area contributed by atoms with E-state index in [0.717, 1.165) is 26.1 Å². The molecule has 1 saturated heterocycles. The quantitative estimate of drug-likeness (QED) is 0.797. The van der Waals surface area contributed by atoms with Crippen molar-refractivity contribution in [2.45, 2.75) is 63.8 Å². The Morgan fingerprint density at radius 2 is 1.71 bits per heavy atom. The highest BCUT2D eigenvalue weighted by molar-refractivity contribution is 5.88. The Morgan fingerprint density at radius 1 is 1.12 bits per heavy atom. The molecule has 0 radical (unpaired) electrons. The number of amides is 1. The minimum atomic E-state index is -0.158. The summed E-state index contributed by atoms with van der Waals surface area (Å²) in [6.45, 7) is 4.11. The number of hydrogen-bond donors (Lipinski definition) is 1. The van der Waals surface area contributed by atoms with Gasteiger partial charge in [0, 0.05) is 6.54 Å². The molecule has 1 amide bonds. The van der Waals surface area contributed by atoms with Gasteiger partial charge in [-0.05, 0) is 31.1 Å². The van der Waals surface area contributed by atoms with Gasteiger partial charge in [-0.25, -0.2) is 0 Å². The Kier molecular flexibility index (Phi) is 2.69. The maximum Gasteiger partial charge on any atom is 0.243 e. The van der Waals surface area contributed by atoms with E-state index in [1.807, 2.05) is 0 Å². The molecule has 0 bridgehead atoms. The summed E-state index contributed by atoms with van der Waals surface area (Å²) in [7, 11) is 0. The summed E-state index contributed by atoms with van der Waals surface area (Å²) >= 11 is 0. The van der Waals surface area contributed by atoms with Crippen molar-refractivity contribution in [3.63, 3.8) is 0 Å². The van der Waals surface area contributed by atoms with Crippen LogP contribution in [-0.4, -0.2) is 29.6 Å². The van der Waals surface area contributed by atoms with Gasteiger partial charge in [-0.2, -0.15) is 0 Å². The third-order valence-electron chi connectivity index (χ3n) is 5.15. The van der Waals surface area contributed by atoms with E-state index in [4.69, 9.17) is 0 Å². The largest absolute Gasteiger partial charge is 0.328 e. The zero-order valence-electron chi connectivity index (χ0n) is 10.9. The van der Waals surface area contributed by atoms with Gasteiger partial charge >= 0.3 is 0 Å². The monoisotopic (exact) mass is 236 g/mol. The third kappa shape index (κ3) is 1.88. The van der Waals surface area contributed by atoms with E-state index in [-0.39, 0.29) is 5.54 Å². The molecule has 0 aromatic carbocycles. The lowest BCUT2D eigenvalue weighted by molar-refractivity contribution is -0.133. The molecule has 3 aliphatic rings. The molecule has 0 unspecified atom stereocenters. The number of carbonyl (C=O) groups excluding carboxylic acids is 1. The lowest BCUT2D eigenvalue weighted by Crippen LogP contribution is -2.45. The highest BCUT2D eigenvalue weighted by Crippen LogP contribution is 2.40. The van der Waals surface area contributed by atoms with Crippen LogP contribution in [0.25, 0.3) is 0 Å². The van der Waals surface area contributed by atoms with Gasteiger partial charge in [0.25, 0.3) is 0 Å². The molecule has 1 aliphatic heterocycles. The molecule has 0 aromatic rings. The lowest BCUT2D eigenvalue weighted by Gasteiger charge is -2.30. The van der Waals surface area contributed by atoms with Crippen molar-refractivity contribution in [2.24, 2.45) is 5.41 Å². The van der Waals surface area contributed by atoms with Crippen LogP contribution in [0.3, 0.4) is 0 Å². The molecule has 0 aromatic heterocycles. The molecule has 1 spiro atoms. The van der Waals surface area contributed by atoms with Crippen LogP contribution in [0.15, 0.2) is 0 Å². The number of nitrogens with zero attached hydrogens (tertiary/aromatic N) is 1. The van der Waals surface area contributed by atoms with E-state index < -0.39 is 0 Å². The van der Waals surface area contributed by atoms with Crippen LogP contribution in [0.2, 0.25) is 0 Å². The van der Waals surface area contributed by atoms with Crippen molar-refractivity contribution < 1.29 is 4.79 Å². The van der Waals surface area contributed by atoms with Gasteiger partial charge in [0.2, 0.25) is 5.91 Å². The van der Waals surface area contributed by atoms with Gasteiger partial charge in [0.15, 0.2) is 0 Å². The fourth-order valence-corrected chi connectivity index (χ4v) is 4.04. The van der Waals surface area contributed by atoms with Crippen molar-refractivity contribution in [1.29, 1.82) is 0 Å². The van der Waals surface area contributed by atoms with Gasteiger partial charge in [-0.15, -0.1) is 0 Å². The highest BCUT2D eigenvalue weighted by Gasteiger charge is 2.49. The van der Waals surface area contributed by atoms with Crippen molar-refractivity contribution in [3.05, 3.63) is 0 Å². The van der Waals surface area contributed by atoms with E-state index in [2.05, 4.69) is 17.1 Å². The summed E-state index contributed by atoms with van der Waals surface area (Å²) in [4.78, 5) is 14.6. The Morgan fingerprint density at radius 3 is 2.35 bits per heavy atom. The van der Waals surface area contributed by atoms with Crippen LogP contribution in [0, 0.1) is 5.41 Å². The van der Waals surface area contributed by atoms with E-state index in [1.165, 1.54) is 38.5 Å². The van der Waals surface area contributed by atoms with Crippen LogP contribution in [0.4, 0.5) is 0 Å². The number of nitrogens with one attached hydrogen (secondary N) is 1. The first-order valence-corrected chi connectivity index (χ1v) is 7.18. The van der Waals surface area contributed by atoms with Crippen LogP contribution in [0.1, 0.15) is 58.3 Å². The van der Waals surface area contributed by atoms with Crippen molar-refractivity contribution in [1.82, 2.24) is 10.2 Å². The second kappa shape index (κ2) is 3.98. The second-order valence-corrected chi connectivity index (χ2v) is 6.64. The molecular formula is C14H24N2O. The standard InChI is InChI=1S/C14H24N2O/c1-13(6-2-3-7-13)10-16-11-15-14(12(16)17)8-4-5-9-14/h15H,2-11H2,1H3. The minimum absolute atomic E-state index is 0.158. The molecule has 2 aliphatic carbocycles. The Bertz CT molecular complexity index is 314. The predicted octanol–water partition coefficient (Wildman–Crippen LogP) is 2.27. The smallest absolute Gasteiger partial charge is 0.243 e. The molecule has 3 rings (SSSR count). The van der Waals surface area contributed by atoms with Gasteiger partial charge in [0.05, 0.1) is 12.2 Å². The van der Waals surface area contributed by atoms with Gasteiger partial charge in [-0.3, -0.25) is 10.1 Å². The fraction of sp³-hybridized carbons (Fsp3) is 0.929. The third-order valence-corrected chi connectivity index (χ3v) is 5.15. The summed E-state index contributed by atoms with van der Waals surface area (Å²) in [5.74, 6) is 0.392. The first kappa shape index (κ1) is 11.5. The van der Waals surface area contributed by atoms with Gasteiger partial charge in [0.1, 0.15) is 0 Å². The normalized spacial score (nSPS) is 30.6. The maximum absolute atomic E-state index is 12.5. The van der Waals surface area contributed by atoms with E-state index in [0.29, 0.717) is 11.3 Å². The van der Waals surface area contributed by atoms with Crippen LogP contribution in [0.5, 0.6) is 0 Å². The predicted molar refractivity (Wildman–Crippen MR) is 67.5 cm³/mol. The second-order valence-electron chi connectivity index (χ2n) is 6.64. The van der Waals surface area contributed by atoms with Gasteiger partial charge < -0.3 is 4.90 Å². The van der Waals surface area contributed by atoms with Crippen LogP contribution < -0.4 is 5.32 Å². The molecule has 2 saturated carbocycles. The molecule has 96 valence electrons. The summed E-state index contributed by atoms with van der Waals surface area (Å²) in [5, 5.41) is 3.50. The molecular weight excluding hydrogens is 212 g/mol. The molecule has 1 heterocycles. The Labute approximate surface area is 104 Å². The number of hydrogen-bond acceptors (Lipinski definition) is 2. The first-order chi connectivity index (χ1) is 8.14. The minimum Gasteiger partial charge on any atom is -0.328 e. The average molecular weight is 236 g/mol. The number of rotatable bonds is 2. The molecule has 0 atom stereocenters. The first-order valence-electron chi connectivity index (χ1n) is 7.18. The molecule has 3 nitrogen and oxygen atoms in total. The topological polar surface area (TPSA) is 32.3 Å². The lowest BCUT2D eigenvalue weighted by atomic mass is 9.88. The zero-order valence-corrected chi connectivity index (χ0v) is 10.9. The molecule has 3 heteroatoms. The Hall–Kier alpha value is -0.570. The molecule has 17 heavy (non-hydrogen) atoms. The summed E-state index contributed by atoms with van der Waals surface area (Å²) < 4.78 is 0. The fourth-order valence-electron chi connectivity index (χ4n) is 4.04. The van der Waals surface area contributed by atoms with Crippen molar-refractivity contribution >= 4 is 5.91 Å². The van der Waals surface area contributed by atoms with Crippen LogP contribution in [-0.2, 0) is 4.79 Å². The van der Waals surface area contributed by atoms with Crippen molar-refractivity contribution in [2.75, 3.05) is 13.2 Å². The Balaban J connectivity index is 1.67. The molecule has 3 fully saturated rings. The van der Waals surface area contributed by atoms with E-state index >= 15 is 0 Å². The SMILES string of the molecule is CC1(CN2CNC3(CCCC3)C2=O)CCCC1. The molecule has 1 N–H and O–H groups in total.